The lowest BCUT2D eigenvalue weighted by molar-refractivity contribution is 0.174. The molecule has 3 rings (SSSR count). The van der Waals surface area contributed by atoms with Crippen LogP contribution >= 0.6 is 0 Å². The van der Waals surface area contributed by atoms with Crippen molar-refractivity contribution in [1.82, 2.24) is 10.2 Å². The number of hydrogen-bond donors (Lipinski definition) is 1. The summed E-state index contributed by atoms with van der Waals surface area (Å²) in [5, 5.41) is 3.54. The highest BCUT2D eigenvalue weighted by Crippen LogP contribution is 2.32. The van der Waals surface area contributed by atoms with Crippen LogP contribution in [0.2, 0.25) is 0 Å². The van der Waals surface area contributed by atoms with Gasteiger partial charge in [-0.2, -0.15) is 0 Å². The van der Waals surface area contributed by atoms with Crippen LogP contribution in [0.1, 0.15) is 24.8 Å². The van der Waals surface area contributed by atoms with Gasteiger partial charge in [-0.15, -0.1) is 0 Å². The van der Waals surface area contributed by atoms with Crippen LogP contribution in [-0.2, 0) is 6.54 Å². The molecule has 0 aromatic heterocycles. The van der Waals surface area contributed by atoms with E-state index in [4.69, 9.17) is 9.47 Å². The van der Waals surface area contributed by atoms with Gasteiger partial charge in [0.25, 0.3) is 0 Å². The largest absolute Gasteiger partial charge is 0.454 e. The molecule has 1 aromatic rings. The first kappa shape index (κ1) is 13.7. The zero-order valence-corrected chi connectivity index (χ0v) is 12.2. The molecule has 110 valence electrons. The summed E-state index contributed by atoms with van der Waals surface area (Å²) in [6.07, 6.45) is 3.99. The number of nitrogens with zero attached hydrogens (tertiary/aromatic N) is 1. The van der Waals surface area contributed by atoms with E-state index in [9.17, 15) is 0 Å². The quantitative estimate of drug-likeness (QED) is 0.836. The lowest BCUT2D eigenvalue weighted by Gasteiger charge is -2.28. The van der Waals surface area contributed by atoms with Crippen LogP contribution in [-0.4, -0.2) is 38.4 Å². The molecule has 1 N–H and O–H groups in total. The number of piperidine rings is 1. The molecule has 0 atom stereocenters. The van der Waals surface area contributed by atoms with Crippen LogP contribution in [0.4, 0.5) is 0 Å². The zero-order valence-electron chi connectivity index (χ0n) is 12.2. The third-order valence-corrected chi connectivity index (χ3v) is 4.33. The van der Waals surface area contributed by atoms with Crippen molar-refractivity contribution in [3.05, 3.63) is 23.8 Å². The number of fused-ring (bicyclic) bond motifs is 1. The number of rotatable bonds is 5. The molecule has 1 aromatic carbocycles. The molecule has 4 nitrogen and oxygen atoms in total. The Morgan fingerprint density at radius 2 is 2.00 bits per heavy atom. The van der Waals surface area contributed by atoms with E-state index in [1.165, 1.54) is 37.9 Å². The van der Waals surface area contributed by atoms with Crippen molar-refractivity contribution in [3.8, 4) is 11.5 Å². The van der Waals surface area contributed by atoms with Gasteiger partial charge in [0.2, 0.25) is 6.79 Å². The highest BCUT2D eigenvalue weighted by atomic mass is 16.7. The molecule has 0 aliphatic carbocycles. The first-order chi connectivity index (χ1) is 9.81. The van der Waals surface area contributed by atoms with Crippen molar-refractivity contribution in [2.75, 3.05) is 33.5 Å². The predicted molar refractivity (Wildman–Crippen MR) is 79.1 cm³/mol. The summed E-state index contributed by atoms with van der Waals surface area (Å²) in [4.78, 5) is 2.43. The van der Waals surface area contributed by atoms with Gasteiger partial charge < -0.3 is 19.7 Å². The SMILES string of the molecule is CN1CCC(CCNCc2ccc3c(c2)OCO3)CC1. The second-order valence-corrected chi connectivity index (χ2v) is 5.90. The Balaban J connectivity index is 1.37. The van der Waals surface area contributed by atoms with Gasteiger partial charge in [0.1, 0.15) is 0 Å². The molecule has 4 heteroatoms. The minimum absolute atomic E-state index is 0.350. The average molecular weight is 276 g/mol. The topological polar surface area (TPSA) is 33.7 Å². The van der Waals surface area contributed by atoms with E-state index < -0.39 is 0 Å². The predicted octanol–water partition coefficient (Wildman–Crippen LogP) is 2.24. The summed E-state index contributed by atoms with van der Waals surface area (Å²) >= 11 is 0. The van der Waals surface area contributed by atoms with E-state index in [0.29, 0.717) is 6.79 Å². The molecular weight excluding hydrogens is 252 g/mol. The van der Waals surface area contributed by atoms with Gasteiger partial charge in [-0.05, 0) is 69.6 Å². The number of nitrogens with one attached hydrogen (secondary N) is 1. The van der Waals surface area contributed by atoms with Crippen LogP contribution in [0.25, 0.3) is 0 Å². The zero-order chi connectivity index (χ0) is 13.8. The van der Waals surface area contributed by atoms with E-state index >= 15 is 0 Å². The van der Waals surface area contributed by atoms with Crippen molar-refractivity contribution in [2.45, 2.75) is 25.8 Å². The van der Waals surface area contributed by atoms with Gasteiger partial charge in [-0.25, -0.2) is 0 Å². The van der Waals surface area contributed by atoms with Crippen LogP contribution in [0.3, 0.4) is 0 Å². The monoisotopic (exact) mass is 276 g/mol. The molecule has 20 heavy (non-hydrogen) atoms. The Bertz CT molecular complexity index is 442. The highest BCUT2D eigenvalue weighted by molar-refractivity contribution is 5.44. The third kappa shape index (κ3) is 3.44. The van der Waals surface area contributed by atoms with Crippen LogP contribution < -0.4 is 14.8 Å². The Labute approximate surface area is 121 Å². The minimum Gasteiger partial charge on any atom is -0.454 e. The molecule has 1 fully saturated rings. The first-order valence-corrected chi connectivity index (χ1v) is 7.59. The molecule has 0 spiro atoms. The summed E-state index contributed by atoms with van der Waals surface area (Å²) in [6, 6.07) is 6.18. The molecule has 0 radical (unpaired) electrons. The van der Waals surface area contributed by atoms with Crippen molar-refractivity contribution < 1.29 is 9.47 Å². The fourth-order valence-corrected chi connectivity index (χ4v) is 2.94. The fourth-order valence-electron chi connectivity index (χ4n) is 2.94. The number of benzene rings is 1. The lowest BCUT2D eigenvalue weighted by Crippen LogP contribution is -2.31. The summed E-state index contributed by atoms with van der Waals surface area (Å²) < 4.78 is 10.7. The van der Waals surface area contributed by atoms with E-state index in [1.807, 2.05) is 6.07 Å². The lowest BCUT2D eigenvalue weighted by atomic mass is 9.94. The molecule has 2 heterocycles. The standard InChI is InChI=1S/C16H24N2O2/c1-18-8-5-13(6-9-18)4-7-17-11-14-2-3-15-16(10-14)20-12-19-15/h2-3,10,13,17H,4-9,11-12H2,1H3. The summed E-state index contributed by atoms with van der Waals surface area (Å²) in [6.45, 7) is 4.87. The maximum atomic E-state index is 5.40. The molecule has 0 unspecified atom stereocenters. The number of ether oxygens (including phenoxy) is 2. The average Bonchev–Trinajstić information content (AvgIpc) is 2.93. The number of likely N-dealkylation sites (tertiary alicyclic amines) is 1. The normalized spacial score (nSPS) is 19.4. The maximum Gasteiger partial charge on any atom is 0.231 e. The van der Waals surface area contributed by atoms with Gasteiger partial charge in [0, 0.05) is 6.54 Å². The summed E-state index contributed by atoms with van der Waals surface area (Å²) in [5.74, 6) is 2.63. The number of hydrogen-bond acceptors (Lipinski definition) is 4. The van der Waals surface area contributed by atoms with E-state index in [2.05, 4.69) is 29.4 Å². The van der Waals surface area contributed by atoms with Crippen molar-refractivity contribution in [2.24, 2.45) is 5.92 Å². The second kappa shape index (κ2) is 6.46. The van der Waals surface area contributed by atoms with Crippen molar-refractivity contribution in [3.63, 3.8) is 0 Å². The van der Waals surface area contributed by atoms with E-state index in [1.54, 1.807) is 0 Å². The van der Waals surface area contributed by atoms with Gasteiger partial charge in [-0.1, -0.05) is 6.07 Å². The molecule has 2 aliphatic heterocycles. The van der Waals surface area contributed by atoms with E-state index in [0.717, 1.165) is 30.5 Å². The Hall–Kier alpha value is -1.26. The minimum atomic E-state index is 0.350. The smallest absolute Gasteiger partial charge is 0.231 e. The third-order valence-electron chi connectivity index (χ3n) is 4.33. The van der Waals surface area contributed by atoms with Crippen molar-refractivity contribution >= 4 is 0 Å². The van der Waals surface area contributed by atoms with Gasteiger partial charge in [0.15, 0.2) is 11.5 Å². The molecular formula is C16H24N2O2. The fraction of sp³-hybridized carbons (Fsp3) is 0.625. The molecule has 0 saturated carbocycles. The van der Waals surface area contributed by atoms with Gasteiger partial charge >= 0.3 is 0 Å². The van der Waals surface area contributed by atoms with Crippen LogP contribution in [0.5, 0.6) is 11.5 Å². The second-order valence-electron chi connectivity index (χ2n) is 5.90. The van der Waals surface area contributed by atoms with E-state index in [-0.39, 0.29) is 0 Å². The highest BCUT2D eigenvalue weighted by Gasteiger charge is 2.16. The van der Waals surface area contributed by atoms with Crippen molar-refractivity contribution in [1.29, 1.82) is 0 Å². The summed E-state index contributed by atoms with van der Waals surface area (Å²) in [5.41, 5.74) is 1.26. The Morgan fingerprint density at radius 1 is 1.20 bits per heavy atom. The van der Waals surface area contributed by atoms with Gasteiger partial charge in [-0.3, -0.25) is 0 Å². The molecule has 2 aliphatic rings. The molecule has 0 bridgehead atoms. The first-order valence-electron chi connectivity index (χ1n) is 7.59. The molecule has 1 saturated heterocycles. The van der Waals surface area contributed by atoms with Crippen LogP contribution in [0, 0.1) is 5.92 Å². The molecule has 0 amide bonds. The summed E-state index contributed by atoms with van der Waals surface area (Å²) in [7, 11) is 2.22. The van der Waals surface area contributed by atoms with Crippen LogP contribution in [0.15, 0.2) is 18.2 Å². The van der Waals surface area contributed by atoms with Gasteiger partial charge in [0.05, 0.1) is 0 Å². The Kier molecular flexibility index (Phi) is 4.43. The maximum absolute atomic E-state index is 5.40. The Morgan fingerprint density at radius 3 is 2.85 bits per heavy atom.